The van der Waals surface area contributed by atoms with Crippen LogP contribution in [0.3, 0.4) is 0 Å². The van der Waals surface area contributed by atoms with Gasteiger partial charge in [0.1, 0.15) is 6.04 Å². The maximum Gasteiger partial charge on any atom is 0.327 e. The average molecular weight is 314 g/mol. The Bertz CT molecular complexity index is 443. The molecule has 10 nitrogen and oxygen atoms in total. The first-order valence-corrected chi connectivity index (χ1v) is 6.88. The van der Waals surface area contributed by atoms with Gasteiger partial charge in [0.2, 0.25) is 12.8 Å². The highest BCUT2D eigenvalue weighted by Gasteiger charge is 2.45. The number of carbonyl (C=O) groups is 4. The molecule has 0 aromatic rings. The second-order valence-electron chi connectivity index (χ2n) is 5.34. The van der Waals surface area contributed by atoms with Crippen LogP contribution in [0.25, 0.3) is 0 Å². The summed E-state index contributed by atoms with van der Waals surface area (Å²) in [5.41, 5.74) is 0. The Labute approximate surface area is 128 Å². The molecule has 1 aliphatic heterocycles. The van der Waals surface area contributed by atoms with Crippen molar-refractivity contribution in [1.29, 1.82) is 0 Å². The van der Waals surface area contributed by atoms with Crippen LogP contribution in [-0.4, -0.2) is 76.8 Å². The quantitative estimate of drug-likeness (QED) is 0.165. The molecule has 4 N–H and O–H groups in total. The zero-order chi connectivity index (χ0) is 16.9. The second kappa shape index (κ2) is 7.71. The number of imide groups is 1. The Kier molecular flexibility index (Phi) is 6.25. The topological polar surface area (TPSA) is 133 Å². The average Bonchev–Trinajstić information content (AvgIpc) is 2.72. The van der Waals surface area contributed by atoms with Gasteiger partial charge in [-0.3, -0.25) is 29.3 Å². The molecule has 0 aliphatic carbocycles. The molecule has 0 spiro atoms. The zero-order valence-electron chi connectivity index (χ0n) is 12.7. The molecule has 1 atom stereocenters. The molecule has 0 radical (unpaired) electrons. The lowest BCUT2D eigenvalue weighted by Gasteiger charge is -2.25. The highest BCUT2D eigenvalue weighted by molar-refractivity contribution is 6.04. The SMILES string of the molecule is CC(C)C1C(=O)N(CCN(N)C=O)C(=O)N1CCN(N)C=O. The van der Waals surface area contributed by atoms with Gasteiger partial charge < -0.3 is 4.90 Å². The van der Waals surface area contributed by atoms with Crippen molar-refractivity contribution in [1.82, 2.24) is 19.8 Å². The van der Waals surface area contributed by atoms with Crippen LogP contribution in [0.15, 0.2) is 0 Å². The van der Waals surface area contributed by atoms with Gasteiger partial charge in [-0.15, -0.1) is 0 Å². The number of urea groups is 1. The lowest BCUT2D eigenvalue weighted by atomic mass is 10.0. The summed E-state index contributed by atoms with van der Waals surface area (Å²) in [6.07, 6.45) is 0.861. The molecule has 1 saturated heterocycles. The number of amides is 5. The van der Waals surface area contributed by atoms with Gasteiger partial charge in [-0.25, -0.2) is 16.5 Å². The van der Waals surface area contributed by atoms with Gasteiger partial charge in [0.15, 0.2) is 0 Å². The van der Waals surface area contributed by atoms with Crippen molar-refractivity contribution in [3.05, 3.63) is 0 Å². The molecule has 0 aromatic heterocycles. The van der Waals surface area contributed by atoms with Gasteiger partial charge >= 0.3 is 6.03 Å². The van der Waals surface area contributed by atoms with E-state index in [2.05, 4.69) is 0 Å². The number of hydrazine groups is 2. The van der Waals surface area contributed by atoms with E-state index in [1.807, 2.05) is 13.8 Å². The molecule has 0 aromatic carbocycles. The first kappa shape index (κ1) is 17.9. The molecule has 5 amide bonds. The number of rotatable bonds is 9. The van der Waals surface area contributed by atoms with Crippen molar-refractivity contribution in [2.75, 3.05) is 26.2 Å². The summed E-state index contributed by atoms with van der Waals surface area (Å²) in [4.78, 5) is 48.2. The minimum Gasteiger partial charge on any atom is -0.310 e. The third-order valence-electron chi connectivity index (χ3n) is 3.41. The first-order valence-electron chi connectivity index (χ1n) is 6.88. The van der Waals surface area contributed by atoms with Crippen LogP contribution in [0.1, 0.15) is 13.8 Å². The normalized spacial score (nSPS) is 18.1. The first-order chi connectivity index (χ1) is 10.3. The molecule has 22 heavy (non-hydrogen) atoms. The van der Waals surface area contributed by atoms with E-state index < -0.39 is 12.1 Å². The Morgan fingerprint density at radius 1 is 1.09 bits per heavy atom. The zero-order valence-corrected chi connectivity index (χ0v) is 12.7. The van der Waals surface area contributed by atoms with Crippen LogP contribution in [0, 0.1) is 5.92 Å². The van der Waals surface area contributed by atoms with Gasteiger partial charge in [-0.05, 0) is 5.92 Å². The van der Waals surface area contributed by atoms with Gasteiger partial charge in [0, 0.05) is 13.1 Å². The summed E-state index contributed by atoms with van der Waals surface area (Å²) < 4.78 is 0. The van der Waals surface area contributed by atoms with Crippen molar-refractivity contribution in [2.45, 2.75) is 19.9 Å². The van der Waals surface area contributed by atoms with E-state index in [4.69, 9.17) is 11.7 Å². The molecule has 10 heteroatoms. The summed E-state index contributed by atoms with van der Waals surface area (Å²) >= 11 is 0. The molecular weight excluding hydrogens is 292 g/mol. The van der Waals surface area contributed by atoms with Crippen LogP contribution in [-0.2, 0) is 14.4 Å². The van der Waals surface area contributed by atoms with E-state index in [0.717, 1.165) is 14.9 Å². The predicted octanol–water partition coefficient (Wildman–Crippen LogP) is -2.06. The number of hydrogen-bond donors (Lipinski definition) is 2. The Balaban J connectivity index is 2.81. The second-order valence-corrected chi connectivity index (χ2v) is 5.34. The monoisotopic (exact) mass is 314 g/mol. The highest BCUT2D eigenvalue weighted by Crippen LogP contribution is 2.23. The predicted molar refractivity (Wildman–Crippen MR) is 76.4 cm³/mol. The lowest BCUT2D eigenvalue weighted by molar-refractivity contribution is -0.130. The molecule has 1 unspecified atom stereocenters. The summed E-state index contributed by atoms with van der Waals surface area (Å²) in [5, 5.41) is 1.77. The fraction of sp³-hybridized carbons (Fsp3) is 0.667. The number of hydrogen-bond acceptors (Lipinski definition) is 6. The molecule has 1 aliphatic rings. The Morgan fingerprint density at radius 2 is 1.59 bits per heavy atom. The maximum atomic E-state index is 12.4. The van der Waals surface area contributed by atoms with E-state index >= 15 is 0 Å². The number of nitrogens with zero attached hydrogens (tertiary/aromatic N) is 4. The van der Waals surface area contributed by atoms with E-state index in [9.17, 15) is 19.2 Å². The van der Waals surface area contributed by atoms with Gasteiger partial charge in [0.05, 0.1) is 13.1 Å². The van der Waals surface area contributed by atoms with E-state index in [0.29, 0.717) is 12.8 Å². The summed E-state index contributed by atoms with van der Waals surface area (Å²) in [6.45, 7) is 4.00. The minimum absolute atomic E-state index is 0.0205. The van der Waals surface area contributed by atoms with Crippen molar-refractivity contribution in [2.24, 2.45) is 17.6 Å². The lowest BCUT2D eigenvalue weighted by Crippen LogP contribution is -2.45. The summed E-state index contributed by atoms with van der Waals surface area (Å²) in [6, 6.07) is -1.09. The minimum atomic E-state index is -0.616. The fourth-order valence-corrected chi connectivity index (χ4v) is 2.29. The van der Waals surface area contributed by atoms with E-state index in [-0.39, 0.29) is 38.0 Å². The Morgan fingerprint density at radius 3 is 2.05 bits per heavy atom. The van der Waals surface area contributed by atoms with Crippen molar-refractivity contribution >= 4 is 24.8 Å². The van der Waals surface area contributed by atoms with Crippen molar-refractivity contribution in [3.63, 3.8) is 0 Å². The molecular formula is C12H22N6O4. The van der Waals surface area contributed by atoms with Gasteiger partial charge in [0.25, 0.3) is 5.91 Å². The number of carbonyl (C=O) groups excluding carboxylic acids is 4. The van der Waals surface area contributed by atoms with E-state index in [1.54, 1.807) is 0 Å². The standard InChI is InChI=1S/C12H22N6O4/c1-9(2)10-11(21)18(6-4-16(14)8-20)12(22)17(10)5-3-15(13)7-19/h7-10H,3-6,13-14H2,1-2H3. The largest absolute Gasteiger partial charge is 0.327 e. The van der Waals surface area contributed by atoms with Crippen LogP contribution >= 0.6 is 0 Å². The van der Waals surface area contributed by atoms with Gasteiger partial charge in [-0.1, -0.05) is 13.8 Å². The summed E-state index contributed by atoms with van der Waals surface area (Å²) in [5.74, 6) is 10.3. The molecule has 0 saturated carbocycles. The van der Waals surface area contributed by atoms with Crippen molar-refractivity contribution in [3.8, 4) is 0 Å². The smallest absolute Gasteiger partial charge is 0.310 e. The van der Waals surface area contributed by atoms with E-state index in [1.165, 1.54) is 4.90 Å². The maximum absolute atomic E-state index is 12.4. The summed E-state index contributed by atoms with van der Waals surface area (Å²) in [7, 11) is 0. The van der Waals surface area contributed by atoms with Crippen LogP contribution in [0.2, 0.25) is 0 Å². The molecule has 124 valence electrons. The molecule has 1 heterocycles. The third kappa shape index (κ3) is 3.92. The highest BCUT2D eigenvalue weighted by atomic mass is 16.2. The fourth-order valence-electron chi connectivity index (χ4n) is 2.29. The Hall–Kier alpha value is -2.20. The van der Waals surface area contributed by atoms with Crippen molar-refractivity contribution < 1.29 is 19.2 Å². The van der Waals surface area contributed by atoms with Crippen LogP contribution in [0.4, 0.5) is 4.79 Å². The molecule has 0 bridgehead atoms. The van der Waals surface area contributed by atoms with Crippen LogP contribution in [0.5, 0.6) is 0 Å². The van der Waals surface area contributed by atoms with Gasteiger partial charge in [-0.2, -0.15) is 0 Å². The molecule has 1 fully saturated rings. The number of nitrogens with two attached hydrogens (primary N) is 2. The third-order valence-corrected chi connectivity index (χ3v) is 3.41. The van der Waals surface area contributed by atoms with Crippen LogP contribution < -0.4 is 11.7 Å². The molecule has 1 rings (SSSR count).